The van der Waals surface area contributed by atoms with Crippen molar-refractivity contribution in [2.24, 2.45) is 0 Å². The van der Waals surface area contributed by atoms with Gasteiger partial charge in [-0.3, -0.25) is 14.9 Å². The van der Waals surface area contributed by atoms with Crippen LogP contribution in [0, 0.1) is 5.82 Å². The summed E-state index contributed by atoms with van der Waals surface area (Å²) in [5.41, 5.74) is -0.142. The number of amides is 2. The smallest absolute Gasteiger partial charge is 0.335 e. The SMILES string of the molecule is CCC1C(=O)NC(=O)CN1c1ccc(C(=O)O)cc1F. The van der Waals surface area contributed by atoms with Crippen LogP contribution in [0.15, 0.2) is 18.2 Å². The molecule has 1 heterocycles. The van der Waals surface area contributed by atoms with Crippen LogP contribution in [-0.4, -0.2) is 35.5 Å². The average Bonchev–Trinajstić information content (AvgIpc) is 2.37. The summed E-state index contributed by atoms with van der Waals surface area (Å²) in [7, 11) is 0. The number of carboxylic acid groups (broad SMARTS) is 1. The van der Waals surface area contributed by atoms with Crippen molar-refractivity contribution in [3.63, 3.8) is 0 Å². The Morgan fingerprint density at radius 1 is 1.50 bits per heavy atom. The number of carbonyl (C=O) groups excluding carboxylic acids is 2. The fraction of sp³-hybridized carbons (Fsp3) is 0.308. The van der Waals surface area contributed by atoms with E-state index in [4.69, 9.17) is 5.11 Å². The van der Waals surface area contributed by atoms with Crippen molar-refractivity contribution in [1.82, 2.24) is 5.32 Å². The second-order valence-corrected chi connectivity index (χ2v) is 4.44. The molecule has 1 saturated heterocycles. The normalized spacial score (nSPS) is 18.9. The summed E-state index contributed by atoms with van der Waals surface area (Å²) in [5, 5.41) is 11.0. The largest absolute Gasteiger partial charge is 0.478 e. The van der Waals surface area contributed by atoms with Gasteiger partial charge < -0.3 is 10.0 Å². The van der Waals surface area contributed by atoms with E-state index in [1.54, 1.807) is 6.92 Å². The molecule has 1 aromatic rings. The molecule has 6 nitrogen and oxygen atoms in total. The molecule has 1 aromatic carbocycles. The minimum atomic E-state index is -1.24. The van der Waals surface area contributed by atoms with Gasteiger partial charge in [-0.15, -0.1) is 0 Å². The third-order valence-electron chi connectivity index (χ3n) is 3.15. The van der Waals surface area contributed by atoms with Crippen LogP contribution in [0.1, 0.15) is 23.7 Å². The van der Waals surface area contributed by atoms with Crippen LogP contribution in [0.3, 0.4) is 0 Å². The fourth-order valence-electron chi connectivity index (χ4n) is 2.20. The molecule has 0 bridgehead atoms. The summed E-state index contributed by atoms with van der Waals surface area (Å²) in [6.07, 6.45) is 0.402. The van der Waals surface area contributed by atoms with Gasteiger partial charge in [-0.1, -0.05) is 6.92 Å². The average molecular weight is 280 g/mol. The summed E-state index contributed by atoms with van der Waals surface area (Å²) >= 11 is 0. The standard InChI is InChI=1S/C13H13FN2O4/c1-2-9-12(18)15-11(17)6-16(9)10-4-3-7(13(19)20)5-8(10)14/h3-5,9H,2,6H2,1H3,(H,19,20)(H,15,17,18). The van der Waals surface area contributed by atoms with Gasteiger partial charge in [0.1, 0.15) is 11.9 Å². The molecule has 0 aliphatic carbocycles. The van der Waals surface area contributed by atoms with Crippen molar-refractivity contribution in [2.45, 2.75) is 19.4 Å². The maximum Gasteiger partial charge on any atom is 0.335 e. The van der Waals surface area contributed by atoms with Crippen molar-refractivity contribution in [2.75, 3.05) is 11.4 Å². The molecule has 0 spiro atoms. The molecule has 2 rings (SSSR count). The number of imide groups is 1. The zero-order valence-electron chi connectivity index (χ0n) is 10.7. The lowest BCUT2D eigenvalue weighted by Gasteiger charge is -2.35. The number of nitrogens with zero attached hydrogens (tertiary/aromatic N) is 1. The molecule has 2 amide bonds. The van der Waals surface area contributed by atoms with Crippen LogP contribution in [0.4, 0.5) is 10.1 Å². The Balaban J connectivity index is 2.40. The Bertz CT molecular complexity index is 588. The third kappa shape index (κ3) is 2.47. The van der Waals surface area contributed by atoms with Crippen LogP contribution in [0.5, 0.6) is 0 Å². The van der Waals surface area contributed by atoms with Crippen LogP contribution < -0.4 is 10.2 Å². The maximum atomic E-state index is 14.0. The first kappa shape index (κ1) is 14.0. The lowest BCUT2D eigenvalue weighted by atomic mass is 10.1. The maximum absolute atomic E-state index is 14.0. The van der Waals surface area contributed by atoms with Crippen LogP contribution in [-0.2, 0) is 9.59 Å². The molecule has 1 unspecified atom stereocenters. The van der Waals surface area contributed by atoms with Gasteiger partial charge in [-0.2, -0.15) is 0 Å². The number of halogens is 1. The molecule has 1 aliphatic heterocycles. The van der Waals surface area contributed by atoms with Crippen molar-refractivity contribution in [1.29, 1.82) is 0 Å². The first-order valence-corrected chi connectivity index (χ1v) is 6.07. The van der Waals surface area contributed by atoms with Gasteiger partial charge in [0.05, 0.1) is 17.8 Å². The molecule has 0 saturated carbocycles. The number of carboxylic acids is 1. The summed E-state index contributed by atoms with van der Waals surface area (Å²) in [6, 6.07) is 2.73. The highest BCUT2D eigenvalue weighted by Gasteiger charge is 2.33. The van der Waals surface area contributed by atoms with Crippen LogP contribution in [0.2, 0.25) is 0 Å². The van der Waals surface area contributed by atoms with Crippen molar-refractivity contribution in [3.05, 3.63) is 29.6 Å². The first-order valence-electron chi connectivity index (χ1n) is 6.07. The third-order valence-corrected chi connectivity index (χ3v) is 3.15. The molecule has 20 heavy (non-hydrogen) atoms. The quantitative estimate of drug-likeness (QED) is 0.798. The number of piperazine rings is 1. The monoisotopic (exact) mass is 280 g/mol. The minimum Gasteiger partial charge on any atom is -0.478 e. The second kappa shape index (κ2) is 5.28. The van der Waals surface area contributed by atoms with Crippen molar-refractivity contribution >= 4 is 23.5 Å². The minimum absolute atomic E-state index is 0.0463. The van der Waals surface area contributed by atoms with Crippen molar-refractivity contribution in [3.8, 4) is 0 Å². The molecule has 106 valence electrons. The van der Waals surface area contributed by atoms with Gasteiger partial charge in [-0.05, 0) is 24.6 Å². The summed E-state index contributed by atoms with van der Waals surface area (Å²) in [5.74, 6) is -3.01. The zero-order chi connectivity index (χ0) is 14.9. The highest BCUT2D eigenvalue weighted by molar-refractivity contribution is 6.04. The van der Waals surface area contributed by atoms with E-state index in [1.807, 2.05) is 0 Å². The van der Waals surface area contributed by atoms with E-state index in [0.717, 1.165) is 6.07 Å². The number of anilines is 1. The molecule has 0 radical (unpaired) electrons. The Kier molecular flexibility index (Phi) is 3.69. The van der Waals surface area contributed by atoms with Gasteiger partial charge in [0.2, 0.25) is 11.8 Å². The Labute approximate surface area is 114 Å². The summed E-state index contributed by atoms with van der Waals surface area (Å²) in [6.45, 7) is 1.60. The predicted molar refractivity (Wildman–Crippen MR) is 67.9 cm³/mol. The van der Waals surface area contributed by atoms with E-state index >= 15 is 0 Å². The van der Waals surface area contributed by atoms with Crippen LogP contribution in [0.25, 0.3) is 0 Å². The number of benzene rings is 1. The number of hydrogen-bond acceptors (Lipinski definition) is 4. The van der Waals surface area contributed by atoms with Gasteiger partial charge in [0.15, 0.2) is 0 Å². The highest BCUT2D eigenvalue weighted by Crippen LogP contribution is 2.25. The van der Waals surface area contributed by atoms with Gasteiger partial charge in [0.25, 0.3) is 0 Å². The lowest BCUT2D eigenvalue weighted by Crippen LogP contribution is -2.58. The first-order chi connectivity index (χ1) is 9.43. The number of rotatable bonds is 3. The van der Waals surface area contributed by atoms with E-state index in [-0.39, 0.29) is 17.8 Å². The van der Waals surface area contributed by atoms with Crippen molar-refractivity contribution < 1.29 is 23.9 Å². The van der Waals surface area contributed by atoms with Gasteiger partial charge >= 0.3 is 5.97 Å². The number of carbonyl (C=O) groups is 3. The van der Waals surface area contributed by atoms with Crippen LogP contribution >= 0.6 is 0 Å². The van der Waals surface area contributed by atoms with E-state index < -0.39 is 29.6 Å². The van der Waals surface area contributed by atoms with E-state index in [9.17, 15) is 18.8 Å². The molecular formula is C13H13FN2O4. The topological polar surface area (TPSA) is 86.7 Å². The molecular weight excluding hydrogens is 267 g/mol. The number of nitrogens with one attached hydrogen (secondary N) is 1. The summed E-state index contributed by atoms with van der Waals surface area (Å²) in [4.78, 5) is 35.2. The Hall–Kier alpha value is -2.44. The van der Waals surface area contributed by atoms with E-state index in [1.165, 1.54) is 17.0 Å². The molecule has 1 atom stereocenters. The second-order valence-electron chi connectivity index (χ2n) is 4.44. The van der Waals surface area contributed by atoms with Gasteiger partial charge in [-0.25, -0.2) is 9.18 Å². The number of aromatic carboxylic acids is 1. The Morgan fingerprint density at radius 3 is 2.75 bits per heavy atom. The predicted octanol–water partition coefficient (Wildman–Crippen LogP) is 0.765. The molecule has 1 aliphatic rings. The zero-order valence-corrected chi connectivity index (χ0v) is 10.7. The van der Waals surface area contributed by atoms with E-state index in [0.29, 0.717) is 6.42 Å². The lowest BCUT2D eigenvalue weighted by molar-refractivity contribution is -0.132. The fourth-order valence-corrected chi connectivity index (χ4v) is 2.20. The molecule has 1 fully saturated rings. The van der Waals surface area contributed by atoms with E-state index in [2.05, 4.69) is 5.32 Å². The highest BCUT2D eigenvalue weighted by atomic mass is 19.1. The molecule has 0 aromatic heterocycles. The Morgan fingerprint density at radius 2 is 2.20 bits per heavy atom. The van der Waals surface area contributed by atoms with Gasteiger partial charge in [0, 0.05) is 0 Å². The molecule has 2 N–H and O–H groups in total. The number of hydrogen-bond donors (Lipinski definition) is 2. The molecule has 7 heteroatoms. The summed E-state index contributed by atoms with van der Waals surface area (Å²) < 4.78 is 14.0.